The molecule has 3 N–H and O–H groups in total. The Balaban J connectivity index is 2.58. The second kappa shape index (κ2) is 5.17. The zero-order valence-corrected chi connectivity index (χ0v) is 12.0. The van der Waals surface area contributed by atoms with Crippen LogP contribution in [0.15, 0.2) is 0 Å². The maximum absolute atomic E-state index is 11.7. The van der Waals surface area contributed by atoms with Gasteiger partial charge in [0, 0.05) is 18.1 Å². The standard InChI is InChI=1S/C10H20N2O3S2/c1-4-15-8-5-7(10(8,2)3)12-17(13,14)6-9(11)16/h7-8,12H,4-6H2,1-3H3,(H2,11,16). The molecule has 1 saturated carbocycles. The van der Waals surface area contributed by atoms with Crippen molar-refractivity contribution in [3.8, 4) is 0 Å². The predicted octanol–water partition coefficient (Wildman–Crippen LogP) is 0.396. The van der Waals surface area contributed by atoms with Crippen molar-refractivity contribution in [3.63, 3.8) is 0 Å². The molecule has 1 aliphatic carbocycles. The number of thiocarbonyl (C=S) groups is 1. The molecule has 0 heterocycles. The molecule has 5 nitrogen and oxygen atoms in total. The average molecular weight is 280 g/mol. The SMILES string of the molecule is CCOC1CC(NS(=O)(=O)CC(N)=S)C1(C)C. The Kier molecular flexibility index (Phi) is 4.51. The molecule has 0 aromatic carbocycles. The number of sulfonamides is 1. The largest absolute Gasteiger partial charge is 0.392 e. The quantitative estimate of drug-likeness (QED) is 0.688. The number of nitrogens with two attached hydrogens (primary N) is 1. The third kappa shape index (κ3) is 3.61. The molecule has 17 heavy (non-hydrogen) atoms. The molecule has 0 bridgehead atoms. The lowest BCUT2D eigenvalue weighted by Gasteiger charge is -2.51. The summed E-state index contributed by atoms with van der Waals surface area (Å²) in [6, 6.07) is -0.113. The molecule has 0 aromatic rings. The normalized spacial score (nSPS) is 27.5. The van der Waals surface area contributed by atoms with Crippen LogP contribution in [-0.4, -0.2) is 37.9 Å². The highest BCUT2D eigenvalue weighted by Gasteiger charge is 2.50. The van der Waals surface area contributed by atoms with Gasteiger partial charge in [0.2, 0.25) is 10.0 Å². The topological polar surface area (TPSA) is 81.4 Å². The van der Waals surface area contributed by atoms with E-state index in [2.05, 4.69) is 16.9 Å². The van der Waals surface area contributed by atoms with E-state index in [1.54, 1.807) is 0 Å². The van der Waals surface area contributed by atoms with Crippen molar-refractivity contribution in [3.05, 3.63) is 0 Å². The van der Waals surface area contributed by atoms with Gasteiger partial charge in [-0.05, 0) is 13.3 Å². The minimum absolute atomic E-state index is 0.0176. The lowest BCUT2D eigenvalue weighted by Crippen LogP contribution is -2.62. The fraction of sp³-hybridized carbons (Fsp3) is 0.900. The Morgan fingerprint density at radius 3 is 2.59 bits per heavy atom. The summed E-state index contributed by atoms with van der Waals surface area (Å²) in [6.45, 7) is 6.55. The van der Waals surface area contributed by atoms with Crippen LogP contribution in [-0.2, 0) is 14.8 Å². The number of ether oxygens (including phenoxy) is 1. The van der Waals surface area contributed by atoms with Gasteiger partial charge in [0.1, 0.15) is 5.75 Å². The van der Waals surface area contributed by atoms with Gasteiger partial charge in [-0.25, -0.2) is 13.1 Å². The van der Waals surface area contributed by atoms with E-state index in [1.807, 2.05) is 20.8 Å². The van der Waals surface area contributed by atoms with E-state index in [9.17, 15) is 8.42 Å². The molecule has 100 valence electrons. The summed E-state index contributed by atoms with van der Waals surface area (Å²) in [5.74, 6) is -0.297. The predicted molar refractivity (Wildman–Crippen MR) is 71.3 cm³/mol. The van der Waals surface area contributed by atoms with Crippen molar-refractivity contribution in [1.82, 2.24) is 4.72 Å². The molecular weight excluding hydrogens is 260 g/mol. The van der Waals surface area contributed by atoms with Crippen LogP contribution in [0.1, 0.15) is 27.2 Å². The highest BCUT2D eigenvalue weighted by Crippen LogP contribution is 2.42. The summed E-state index contributed by atoms with van der Waals surface area (Å²) in [5.41, 5.74) is 5.05. The number of hydrogen-bond donors (Lipinski definition) is 2. The average Bonchev–Trinajstić information content (AvgIpc) is 2.14. The molecule has 0 radical (unpaired) electrons. The Labute approximate surface area is 108 Å². The van der Waals surface area contributed by atoms with Gasteiger partial charge in [-0.1, -0.05) is 26.1 Å². The molecular formula is C10H20N2O3S2. The highest BCUT2D eigenvalue weighted by molar-refractivity contribution is 7.92. The second-order valence-corrected chi connectivity index (χ2v) is 7.18. The minimum Gasteiger partial charge on any atom is -0.392 e. The molecule has 0 saturated heterocycles. The Bertz CT molecular complexity index is 392. The van der Waals surface area contributed by atoms with Crippen molar-refractivity contribution in [2.45, 2.75) is 39.3 Å². The van der Waals surface area contributed by atoms with Gasteiger partial charge in [-0.15, -0.1) is 0 Å². The molecule has 2 atom stereocenters. The van der Waals surface area contributed by atoms with E-state index in [4.69, 9.17) is 10.5 Å². The van der Waals surface area contributed by atoms with Gasteiger partial charge in [0.05, 0.1) is 11.1 Å². The number of hydrogen-bond acceptors (Lipinski definition) is 4. The first-order chi connectivity index (χ1) is 7.69. The molecule has 7 heteroatoms. The maximum Gasteiger partial charge on any atom is 0.218 e. The first-order valence-corrected chi connectivity index (χ1v) is 7.65. The molecule has 0 aromatic heterocycles. The fourth-order valence-corrected chi connectivity index (χ4v) is 3.77. The van der Waals surface area contributed by atoms with Crippen molar-refractivity contribution in [1.29, 1.82) is 0 Å². The lowest BCUT2D eigenvalue weighted by molar-refractivity contribution is -0.108. The van der Waals surface area contributed by atoms with E-state index in [-0.39, 0.29) is 28.3 Å². The van der Waals surface area contributed by atoms with Crippen LogP contribution in [0, 0.1) is 5.41 Å². The third-order valence-corrected chi connectivity index (χ3v) is 4.86. The van der Waals surface area contributed by atoms with Crippen LogP contribution in [0.25, 0.3) is 0 Å². The van der Waals surface area contributed by atoms with Crippen molar-refractivity contribution in [2.24, 2.45) is 11.1 Å². The molecule has 1 aliphatic rings. The van der Waals surface area contributed by atoms with E-state index in [0.717, 1.165) is 0 Å². The molecule has 0 amide bonds. The maximum atomic E-state index is 11.7. The van der Waals surface area contributed by atoms with Crippen LogP contribution in [0.2, 0.25) is 0 Å². The van der Waals surface area contributed by atoms with Gasteiger partial charge in [-0.2, -0.15) is 0 Å². The van der Waals surface area contributed by atoms with Crippen LogP contribution in [0.5, 0.6) is 0 Å². The smallest absolute Gasteiger partial charge is 0.218 e. The second-order valence-electron chi connectivity index (χ2n) is 4.90. The lowest BCUT2D eigenvalue weighted by atomic mass is 9.65. The van der Waals surface area contributed by atoms with Gasteiger partial charge >= 0.3 is 0 Å². The molecule has 1 fully saturated rings. The first kappa shape index (κ1) is 14.8. The molecule has 0 aliphatic heterocycles. The third-order valence-electron chi connectivity index (χ3n) is 3.20. The van der Waals surface area contributed by atoms with E-state index in [0.29, 0.717) is 13.0 Å². The summed E-state index contributed by atoms with van der Waals surface area (Å²) in [6.07, 6.45) is 0.794. The number of nitrogens with one attached hydrogen (secondary N) is 1. The van der Waals surface area contributed by atoms with Gasteiger partial charge in [0.15, 0.2) is 0 Å². The zero-order chi connectivity index (χ0) is 13.3. The summed E-state index contributed by atoms with van der Waals surface area (Å²) >= 11 is 4.61. The van der Waals surface area contributed by atoms with E-state index in [1.165, 1.54) is 0 Å². The summed E-state index contributed by atoms with van der Waals surface area (Å²) < 4.78 is 31.5. The Morgan fingerprint density at radius 1 is 1.59 bits per heavy atom. The Morgan fingerprint density at radius 2 is 2.18 bits per heavy atom. The summed E-state index contributed by atoms with van der Waals surface area (Å²) in [7, 11) is -3.42. The molecule has 1 rings (SSSR count). The van der Waals surface area contributed by atoms with Gasteiger partial charge in [0.25, 0.3) is 0 Å². The first-order valence-electron chi connectivity index (χ1n) is 5.59. The van der Waals surface area contributed by atoms with Crippen LogP contribution < -0.4 is 10.5 Å². The van der Waals surface area contributed by atoms with Crippen LogP contribution in [0.3, 0.4) is 0 Å². The monoisotopic (exact) mass is 280 g/mol. The number of rotatable bonds is 6. The Hall–Kier alpha value is -0.240. The highest BCUT2D eigenvalue weighted by atomic mass is 32.2. The van der Waals surface area contributed by atoms with E-state index >= 15 is 0 Å². The molecule has 2 unspecified atom stereocenters. The van der Waals surface area contributed by atoms with Gasteiger partial charge in [-0.3, -0.25) is 0 Å². The van der Waals surface area contributed by atoms with Crippen molar-refractivity contribution < 1.29 is 13.2 Å². The van der Waals surface area contributed by atoms with Crippen LogP contribution >= 0.6 is 12.2 Å². The van der Waals surface area contributed by atoms with Gasteiger partial charge < -0.3 is 10.5 Å². The summed E-state index contributed by atoms with van der Waals surface area (Å²) in [5, 5.41) is 0. The minimum atomic E-state index is -3.42. The summed E-state index contributed by atoms with van der Waals surface area (Å²) in [4.78, 5) is -0.0176. The van der Waals surface area contributed by atoms with Crippen molar-refractivity contribution >= 4 is 27.2 Å². The molecule has 0 spiro atoms. The van der Waals surface area contributed by atoms with E-state index < -0.39 is 10.0 Å². The fourth-order valence-electron chi connectivity index (χ4n) is 2.02. The van der Waals surface area contributed by atoms with Crippen LogP contribution in [0.4, 0.5) is 0 Å². The zero-order valence-electron chi connectivity index (χ0n) is 10.4. The van der Waals surface area contributed by atoms with Crippen molar-refractivity contribution in [2.75, 3.05) is 12.4 Å².